The minimum absolute atomic E-state index is 0.621. The zero-order chi connectivity index (χ0) is 11.8. The lowest BCUT2D eigenvalue weighted by molar-refractivity contribution is 0.0746. The molecule has 1 aliphatic rings. The van der Waals surface area contributed by atoms with Crippen LogP contribution in [0, 0.1) is 17.8 Å². The lowest BCUT2D eigenvalue weighted by Crippen LogP contribution is -2.31. The van der Waals surface area contributed by atoms with Crippen LogP contribution in [0.1, 0.15) is 26.7 Å². The van der Waals surface area contributed by atoms with Crippen molar-refractivity contribution in [1.29, 1.82) is 0 Å². The van der Waals surface area contributed by atoms with E-state index in [0.29, 0.717) is 11.8 Å². The molecule has 1 unspecified atom stereocenters. The molecular formula is C13H27NO2. The molecule has 1 atom stereocenters. The van der Waals surface area contributed by atoms with E-state index in [1.54, 1.807) is 7.11 Å². The van der Waals surface area contributed by atoms with Gasteiger partial charge in [0.15, 0.2) is 0 Å². The fourth-order valence-electron chi connectivity index (χ4n) is 1.62. The smallest absolute Gasteiger partial charge is 0.0587 e. The molecule has 0 bridgehead atoms. The van der Waals surface area contributed by atoms with Crippen molar-refractivity contribution in [1.82, 2.24) is 5.32 Å². The van der Waals surface area contributed by atoms with Gasteiger partial charge in [-0.2, -0.15) is 0 Å². The molecular weight excluding hydrogens is 202 g/mol. The minimum atomic E-state index is 0.621. The lowest BCUT2D eigenvalue weighted by Gasteiger charge is -2.21. The molecule has 0 aromatic rings. The Morgan fingerprint density at radius 3 is 2.62 bits per heavy atom. The molecule has 1 aliphatic carbocycles. The van der Waals surface area contributed by atoms with Crippen LogP contribution in [0.25, 0.3) is 0 Å². The summed E-state index contributed by atoms with van der Waals surface area (Å²) in [7, 11) is 1.74. The van der Waals surface area contributed by atoms with Gasteiger partial charge in [0.2, 0.25) is 0 Å². The summed E-state index contributed by atoms with van der Waals surface area (Å²) in [5.41, 5.74) is 0. The van der Waals surface area contributed by atoms with Crippen LogP contribution in [0.15, 0.2) is 0 Å². The summed E-state index contributed by atoms with van der Waals surface area (Å²) < 4.78 is 10.8. The van der Waals surface area contributed by atoms with Gasteiger partial charge in [-0.25, -0.2) is 0 Å². The van der Waals surface area contributed by atoms with Crippen LogP contribution in [-0.4, -0.2) is 40.0 Å². The molecule has 0 saturated heterocycles. The van der Waals surface area contributed by atoms with Gasteiger partial charge in [0.05, 0.1) is 13.2 Å². The van der Waals surface area contributed by atoms with Gasteiger partial charge in [-0.15, -0.1) is 0 Å². The fraction of sp³-hybridized carbons (Fsp3) is 1.00. The third kappa shape index (κ3) is 6.46. The maximum Gasteiger partial charge on any atom is 0.0587 e. The van der Waals surface area contributed by atoms with Crippen LogP contribution < -0.4 is 5.32 Å². The molecule has 96 valence electrons. The SMILES string of the molecule is COCCNCC(COCC1CC1)C(C)C. The van der Waals surface area contributed by atoms with Crippen molar-refractivity contribution in [2.45, 2.75) is 26.7 Å². The predicted molar refractivity (Wildman–Crippen MR) is 66.6 cm³/mol. The van der Waals surface area contributed by atoms with E-state index in [2.05, 4.69) is 19.2 Å². The number of hydrogen-bond acceptors (Lipinski definition) is 3. The molecule has 3 nitrogen and oxygen atoms in total. The summed E-state index contributed by atoms with van der Waals surface area (Å²) in [4.78, 5) is 0. The third-order valence-electron chi connectivity index (χ3n) is 3.21. The molecule has 0 aromatic carbocycles. The van der Waals surface area contributed by atoms with E-state index in [4.69, 9.17) is 9.47 Å². The molecule has 0 amide bonds. The highest BCUT2D eigenvalue weighted by molar-refractivity contribution is 4.73. The molecule has 0 spiro atoms. The summed E-state index contributed by atoms with van der Waals surface area (Å²) in [5.74, 6) is 2.17. The lowest BCUT2D eigenvalue weighted by atomic mass is 9.97. The second kappa shape index (κ2) is 8.04. The number of nitrogens with one attached hydrogen (secondary N) is 1. The normalized spacial score (nSPS) is 18.0. The van der Waals surface area contributed by atoms with Crippen LogP contribution in [0.4, 0.5) is 0 Å². The van der Waals surface area contributed by atoms with E-state index >= 15 is 0 Å². The Kier molecular flexibility index (Phi) is 7.01. The molecule has 3 heteroatoms. The Morgan fingerprint density at radius 1 is 1.31 bits per heavy atom. The topological polar surface area (TPSA) is 30.5 Å². The number of ether oxygens (including phenoxy) is 2. The maximum atomic E-state index is 5.77. The highest BCUT2D eigenvalue weighted by Crippen LogP contribution is 2.29. The summed E-state index contributed by atoms with van der Waals surface area (Å²) in [6, 6.07) is 0. The summed E-state index contributed by atoms with van der Waals surface area (Å²) >= 11 is 0. The number of rotatable bonds is 10. The van der Waals surface area contributed by atoms with E-state index in [1.165, 1.54) is 12.8 Å². The third-order valence-corrected chi connectivity index (χ3v) is 3.21. The maximum absolute atomic E-state index is 5.77. The van der Waals surface area contributed by atoms with Gasteiger partial charge in [-0.05, 0) is 30.6 Å². The molecule has 1 rings (SSSR count). The van der Waals surface area contributed by atoms with Crippen molar-refractivity contribution in [3.8, 4) is 0 Å². The molecule has 1 fully saturated rings. The first-order chi connectivity index (χ1) is 7.74. The van der Waals surface area contributed by atoms with Crippen LogP contribution >= 0.6 is 0 Å². The van der Waals surface area contributed by atoms with Gasteiger partial charge < -0.3 is 14.8 Å². The van der Waals surface area contributed by atoms with Crippen LogP contribution in [0.5, 0.6) is 0 Å². The number of hydrogen-bond donors (Lipinski definition) is 1. The predicted octanol–water partition coefficient (Wildman–Crippen LogP) is 1.92. The van der Waals surface area contributed by atoms with Gasteiger partial charge in [-0.1, -0.05) is 13.8 Å². The zero-order valence-corrected chi connectivity index (χ0v) is 11.0. The number of methoxy groups -OCH3 is 1. The Hall–Kier alpha value is -0.120. The molecule has 16 heavy (non-hydrogen) atoms. The molecule has 0 aliphatic heterocycles. The fourth-order valence-corrected chi connectivity index (χ4v) is 1.62. The van der Waals surface area contributed by atoms with Crippen LogP contribution in [0.2, 0.25) is 0 Å². The molecule has 0 aromatic heterocycles. The van der Waals surface area contributed by atoms with Gasteiger partial charge >= 0.3 is 0 Å². The monoisotopic (exact) mass is 229 g/mol. The van der Waals surface area contributed by atoms with Gasteiger partial charge in [0, 0.05) is 26.8 Å². The first-order valence-electron chi connectivity index (χ1n) is 6.51. The average Bonchev–Trinajstić information content (AvgIpc) is 3.05. The van der Waals surface area contributed by atoms with E-state index in [1.807, 2.05) is 0 Å². The molecule has 1 saturated carbocycles. The Bertz CT molecular complexity index is 169. The first kappa shape index (κ1) is 13.9. The quantitative estimate of drug-likeness (QED) is 0.581. The summed E-state index contributed by atoms with van der Waals surface area (Å²) in [5, 5.41) is 3.42. The van der Waals surface area contributed by atoms with Crippen molar-refractivity contribution < 1.29 is 9.47 Å². The Morgan fingerprint density at radius 2 is 2.06 bits per heavy atom. The largest absolute Gasteiger partial charge is 0.383 e. The van der Waals surface area contributed by atoms with Crippen molar-refractivity contribution >= 4 is 0 Å². The van der Waals surface area contributed by atoms with Gasteiger partial charge in [0.1, 0.15) is 0 Å². The van der Waals surface area contributed by atoms with E-state index in [9.17, 15) is 0 Å². The molecule has 0 radical (unpaired) electrons. The second-order valence-corrected chi connectivity index (χ2v) is 5.18. The average molecular weight is 229 g/mol. The second-order valence-electron chi connectivity index (χ2n) is 5.18. The van der Waals surface area contributed by atoms with Crippen molar-refractivity contribution in [3.05, 3.63) is 0 Å². The summed E-state index contributed by atoms with van der Waals surface area (Å²) in [6.07, 6.45) is 2.75. The zero-order valence-electron chi connectivity index (χ0n) is 11.0. The molecule has 1 N–H and O–H groups in total. The van der Waals surface area contributed by atoms with Gasteiger partial charge in [0.25, 0.3) is 0 Å². The van der Waals surface area contributed by atoms with E-state index in [-0.39, 0.29) is 0 Å². The van der Waals surface area contributed by atoms with Crippen molar-refractivity contribution in [3.63, 3.8) is 0 Å². The standard InChI is InChI=1S/C13H27NO2/c1-11(2)13(8-14-6-7-15-3)10-16-9-12-4-5-12/h11-14H,4-10H2,1-3H3. The van der Waals surface area contributed by atoms with Crippen LogP contribution in [0.3, 0.4) is 0 Å². The highest BCUT2D eigenvalue weighted by Gasteiger charge is 2.22. The van der Waals surface area contributed by atoms with E-state index in [0.717, 1.165) is 38.8 Å². The minimum Gasteiger partial charge on any atom is -0.383 e. The van der Waals surface area contributed by atoms with E-state index < -0.39 is 0 Å². The first-order valence-corrected chi connectivity index (χ1v) is 6.51. The highest BCUT2D eigenvalue weighted by atomic mass is 16.5. The van der Waals surface area contributed by atoms with Crippen molar-refractivity contribution in [2.24, 2.45) is 17.8 Å². The Labute approximate surface area is 99.9 Å². The van der Waals surface area contributed by atoms with Gasteiger partial charge in [-0.3, -0.25) is 0 Å². The molecule has 0 heterocycles. The van der Waals surface area contributed by atoms with Crippen LogP contribution in [-0.2, 0) is 9.47 Å². The summed E-state index contributed by atoms with van der Waals surface area (Å²) in [6.45, 7) is 9.16. The van der Waals surface area contributed by atoms with Crippen molar-refractivity contribution in [2.75, 3.05) is 40.0 Å². The Balaban J connectivity index is 2.03.